The van der Waals surface area contributed by atoms with E-state index in [1.807, 2.05) is 0 Å². The number of rotatable bonds is 4. The molecule has 0 bridgehead atoms. The van der Waals surface area contributed by atoms with Gasteiger partial charge in [-0.1, -0.05) is 6.42 Å². The van der Waals surface area contributed by atoms with Crippen molar-refractivity contribution < 1.29 is 13.5 Å². The van der Waals surface area contributed by atoms with Gasteiger partial charge in [-0.3, -0.25) is 0 Å². The fourth-order valence-electron chi connectivity index (χ4n) is 3.75. The molecule has 0 aromatic heterocycles. The first kappa shape index (κ1) is 15.2. The van der Waals surface area contributed by atoms with E-state index in [0.29, 0.717) is 25.6 Å². The third-order valence-corrected chi connectivity index (χ3v) is 6.18. The molecule has 3 unspecified atom stereocenters. The molecular formula is C13H26N2O3S. The third kappa shape index (κ3) is 3.29. The van der Waals surface area contributed by atoms with E-state index in [4.69, 9.17) is 5.73 Å². The van der Waals surface area contributed by atoms with Gasteiger partial charge in [0, 0.05) is 25.0 Å². The lowest BCUT2D eigenvalue weighted by Gasteiger charge is -2.38. The second kappa shape index (κ2) is 5.68. The number of piperidine rings is 1. The molecule has 6 heteroatoms. The van der Waals surface area contributed by atoms with E-state index in [1.54, 1.807) is 4.31 Å². The molecule has 0 radical (unpaired) electrons. The van der Waals surface area contributed by atoms with E-state index in [0.717, 1.165) is 38.5 Å². The van der Waals surface area contributed by atoms with Crippen molar-refractivity contribution in [3.63, 3.8) is 0 Å². The van der Waals surface area contributed by atoms with Crippen molar-refractivity contribution in [2.75, 3.05) is 25.9 Å². The molecule has 112 valence electrons. The van der Waals surface area contributed by atoms with Crippen LogP contribution in [0.4, 0.5) is 0 Å². The van der Waals surface area contributed by atoms with Crippen LogP contribution in [0.15, 0.2) is 0 Å². The lowest BCUT2D eigenvalue weighted by atomic mass is 9.74. The Morgan fingerprint density at radius 2 is 2.11 bits per heavy atom. The minimum atomic E-state index is -3.09. The van der Waals surface area contributed by atoms with Gasteiger partial charge in [0.25, 0.3) is 0 Å². The molecule has 1 saturated carbocycles. The molecule has 0 aromatic carbocycles. The third-order valence-electron chi connectivity index (χ3n) is 4.91. The van der Waals surface area contributed by atoms with Crippen molar-refractivity contribution >= 4 is 10.0 Å². The van der Waals surface area contributed by atoms with Crippen LogP contribution in [0.5, 0.6) is 0 Å². The summed E-state index contributed by atoms with van der Waals surface area (Å²) in [6, 6.07) is 0. The Morgan fingerprint density at radius 3 is 2.63 bits per heavy atom. The van der Waals surface area contributed by atoms with Crippen LogP contribution in [0.2, 0.25) is 0 Å². The molecule has 2 fully saturated rings. The number of aliphatic hydroxyl groups is 1. The molecule has 19 heavy (non-hydrogen) atoms. The van der Waals surface area contributed by atoms with Gasteiger partial charge in [-0.2, -0.15) is 0 Å². The van der Waals surface area contributed by atoms with Crippen molar-refractivity contribution in [2.24, 2.45) is 17.1 Å². The number of sulfonamides is 1. The number of hydrogen-bond acceptors (Lipinski definition) is 4. The van der Waals surface area contributed by atoms with Crippen molar-refractivity contribution in [2.45, 2.75) is 44.6 Å². The summed E-state index contributed by atoms with van der Waals surface area (Å²) in [4.78, 5) is 0. The van der Waals surface area contributed by atoms with Crippen molar-refractivity contribution in [1.29, 1.82) is 0 Å². The Hall–Kier alpha value is -0.170. The fraction of sp³-hybridized carbons (Fsp3) is 1.00. The molecule has 2 aliphatic rings. The van der Waals surface area contributed by atoms with Crippen LogP contribution < -0.4 is 5.73 Å². The average Bonchev–Trinajstić information content (AvgIpc) is 2.71. The maximum Gasteiger partial charge on any atom is 0.211 e. The second-order valence-electron chi connectivity index (χ2n) is 6.31. The zero-order chi connectivity index (χ0) is 14.1. The zero-order valence-electron chi connectivity index (χ0n) is 11.7. The standard InChI is InChI=1S/C13H26N2O3S/c1-19(17,18)15-7-3-4-11(9-15)8-13(10-14)6-2-5-12(13)16/h11-12,16H,2-10,14H2,1H3. The van der Waals surface area contributed by atoms with Gasteiger partial charge in [-0.05, 0) is 38.0 Å². The summed E-state index contributed by atoms with van der Waals surface area (Å²) < 4.78 is 24.8. The predicted molar refractivity (Wildman–Crippen MR) is 75.1 cm³/mol. The number of aliphatic hydroxyl groups excluding tert-OH is 1. The Kier molecular flexibility index (Phi) is 4.55. The second-order valence-corrected chi connectivity index (χ2v) is 8.29. The van der Waals surface area contributed by atoms with Crippen LogP contribution in [0, 0.1) is 11.3 Å². The van der Waals surface area contributed by atoms with Crippen molar-refractivity contribution in [3.8, 4) is 0 Å². The average molecular weight is 290 g/mol. The largest absolute Gasteiger partial charge is 0.393 e. The molecule has 3 N–H and O–H groups in total. The smallest absolute Gasteiger partial charge is 0.211 e. The first-order valence-electron chi connectivity index (χ1n) is 7.21. The minimum absolute atomic E-state index is 0.175. The molecule has 5 nitrogen and oxygen atoms in total. The fourth-order valence-corrected chi connectivity index (χ4v) is 4.69. The molecule has 2 rings (SSSR count). The van der Waals surface area contributed by atoms with Gasteiger partial charge < -0.3 is 10.8 Å². The van der Waals surface area contributed by atoms with Crippen molar-refractivity contribution in [1.82, 2.24) is 4.31 Å². The SMILES string of the molecule is CS(=O)(=O)N1CCCC(CC2(CN)CCCC2O)C1. The molecule has 3 atom stereocenters. The van der Waals surface area contributed by atoms with Crippen LogP contribution in [0.25, 0.3) is 0 Å². The van der Waals surface area contributed by atoms with Crippen LogP contribution in [0.1, 0.15) is 38.5 Å². The quantitative estimate of drug-likeness (QED) is 0.791. The van der Waals surface area contributed by atoms with E-state index < -0.39 is 10.0 Å². The Labute approximate surface area is 116 Å². The summed E-state index contributed by atoms with van der Waals surface area (Å²) in [5, 5.41) is 10.2. The molecule has 1 aliphatic carbocycles. The van der Waals surface area contributed by atoms with Gasteiger partial charge in [-0.15, -0.1) is 0 Å². The van der Waals surface area contributed by atoms with Gasteiger partial charge in [0.2, 0.25) is 10.0 Å². The van der Waals surface area contributed by atoms with E-state index in [-0.39, 0.29) is 11.5 Å². The number of nitrogens with zero attached hydrogens (tertiary/aromatic N) is 1. The summed E-state index contributed by atoms with van der Waals surface area (Å²) in [6.07, 6.45) is 6.61. The Bertz CT molecular complexity index is 412. The summed E-state index contributed by atoms with van der Waals surface area (Å²) in [7, 11) is -3.09. The van der Waals surface area contributed by atoms with Crippen LogP contribution in [-0.4, -0.2) is 49.8 Å². The minimum Gasteiger partial charge on any atom is -0.393 e. The summed E-state index contributed by atoms with van der Waals surface area (Å²) in [5.74, 6) is 0.333. The lowest BCUT2D eigenvalue weighted by molar-refractivity contribution is 0.0319. The highest BCUT2D eigenvalue weighted by Gasteiger charge is 2.43. The first-order chi connectivity index (χ1) is 8.87. The number of nitrogens with two attached hydrogens (primary N) is 1. The zero-order valence-corrected chi connectivity index (χ0v) is 12.5. The monoisotopic (exact) mass is 290 g/mol. The highest BCUT2D eigenvalue weighted by Crippen LogP contribution is 2.44. The molecule has 1 heterocycles. The molecule has 0 spiro atoms. The van der Waals surface area contributed by atoms with Gasteiger partial charge in [-0.25, -0.2) is 12.7 Å². The number of hydrogen-bond donors (Lipinski definition) is 2. The van der Waals surface area contributed by atoms with Crippen LogP contribution in [-0.2, 0) is 10.0 Å². The van der Waals surface area contributed by atoms with Gasteiger partial charge >= 0.3 is 0 Å². The molecule has 1 aliphatic heterocycles. The lowest BCUT2D eigenvalue weighted by Crippen LogP contribution is -2.44. The first-order valence-corrected chi connectivity index (χ1v) is 9.05. The molecule has 0 amide bonds. The van der Waals surface area contributed by atoms with E-state index in [9.17, 15) is 13.5 Å². The van der Waals surface area contributed by atoms with E-state index in [2.05, 4.69) is 0 Å². The maximum atomic E-state index is 11.6. The van der Waals surface area contributed by atoms with E-state index in [1.165, 1.54) is 6.26 Å². The summed E-state index contributed by atoms with van der Waals surface area (Å²) in [5.41, 5.74) is 5.73. The molecular weight excluding hydrogens is 264 g/mol. The summed E-state index contributed by atoms with van der Waals surface area (Å²) in [6.45, 7) is 1.73. The van der Waals surface area contributed by atoms with E-state index >= 15 is 0 Å². The molecule has 0 aromatic rings. The predicted octanol–water partition coefficient (Wildman–Crippen LogP) is 0.538. The highest BCUT2D eigenvalue weighted by atomic mass is 32.2. The Morgan fingerprint density at radius 1 is 1.37 bits per heavy atom. The van der Waals surface area contributed by atoms with Crippen LogP contribution in [0.3, 0.4) is 0 Å². The molecule has 1 saturated heterocycles. The van der Waals surface area contributed by atoms with Gasteiger partial charge in [0.1, 0.15) is 0 Å². The topological polar surface area (TPSA) is 83.6 Å². The highest BCUT2D eigenvalue weighted by molar-refractivity contribution is 7.88. The van der Waals surface area contributed by atoms with Gasteiger partial charge in [0.15, 0.2) is 0 Å². The van der Waals surface area contributed by atoms with Gasteiger partial charge in [0.05, 0.1) is 12.4 Å². The summed E-state index contributed by atoms with van der Waals surface area (Å²) >= 11 is 0. The normalized spacial score (nSPS) is 37.6. The maximum absolute atomic E-state index is 11.6. The van der Waals surface area contributed by atoms with Crippen LogP contribution >= 0.6 is 0 Å². The van der Waals surface area contributed by atoms with Crippen molar-refractivity contribution in [3.05, 3.63) is 0 Å². The Balaban J connectivity index is 2.02.